The van der Waals surface area contributed by atoms with Crippen molar-refractivity contribution in [2.45, 2.75) is 51.0 Å². The molecule has 0 saturated heterocycles. The lowest BCUT2D eigenvalue weighted by molar-refractivity contribution is 0.0933. The normalized spacial score (nSPS) is 13.0. The number of amides is 1. The van der Waals surface area contributed by atoms with Crippen molar-refractivity contribution in [1.29, 1.82) is 0 Å². The average molecular weight is 318 g/mol. The van der Waals surface area contributed by atoms with Crippen molar-refractivity contribution in [1.82, 2.24) is 5.32 Å². The van der Waals surface area contributed by atoms with E-state index in [4.69, 9.17) is 10.7 Å². The highest BCUT2D eigenvalue weighted by atomic mass is 35.7. The van der Waals surface area contributed by atoms with Gasteiger partial charge in [0, 0.05) is 22.3 Å². The van der Waals surface area contributed by atoms with Crippen molar-refractivity contribution >= 4 is 25.6 Å². The van der Waals surface area contributed by atoms with Crippen molar-refractivity contribution < 1.29 is 13.2 Å². The molecule has 4 nitrogen and oxygen atoms in total. The Morgan fingerprint density at radius 1 is 1.30 bits per heavy atom. The van der Waals surface area contributed by atoms with Crippen LogP contribution in [-0.4, -0.2) is 20.4 Å². The van der Waals surface area contributed by atoms with E-state index in [1.165, 1.54) is 12.1 Å². The first-order valence-corrected chi connectivity index (χ1v) is 8.96. The van der Waals surface area contributed by atoms with Crippen LogP contribution in [0.3, 0.4) is 0 Å². The van der Waals surface area contributed by atoms with Crippen LogP contribution in [0.5, 0.6) is 0 Å². The molecule has 20 heavy (non-hydrogen) atoms. The molecule has 0 aliphatic heterocycles. The molecule has 0 aliphatic rings. The molecule has 6 heteroatoms. The first-order chi connectivity index (χ1) is 9.27. The summed E-state index contributed by atoms with van der Waals surface area (Å²) < 4.78 is 22.7. The molecule has 112 valence electrons. The lowest BCUT2D eigenvalue weighted by atomic mass is 10.1. The standard InChI is InChI=1S/C14H20ClNO3S/c1-4-6-12(5-2)16-14(17)11-7-10(3)8-13(9-11)20(15,18)19/h7-9,12H,4-6H2,1-3H3,(H,16,17). The third kappa shape index (κ3) is 4.80. The molecule has 0 saturated carbocycles. The third-order valence-electron chi connectivity index (χ3n) is 3.06. The van der Waals surface area contributed by atoms with Gasteiger partial charge in [-0.05, 0) is 43.5 Å². The number of hydrogen-bond acceptors (Lipinski definition) is 3. The van der Waals surface area contributed by atoms with E-state index in [0.717, 1.165) is 19.3 Å². The van der Waals surface area contributed by atoms with Crippen molar-refractivity contribution in [2.75, 3.05) is 0 Å². The Balaban J connectivity index is 3.02. The first kappa shape index (κ1) is 17.0. The zero-order valence-corrected chi connectivity index (χ0v) is 13.5. The number of aryl methyl sites for hydroxylation is 1. The summed E-state index contributed by atoms with van der Waals surface area (Å²) in [7, 11) is 1.50. The highest BCUT2D eigenvalue weighted by molar-refractivity contribution is 8.13. The number of hydrogen-bond donors (Lipinski definition) is 1. The number of carbonyl (C=O) groups is 1. The molecule has 0 heterocycles. The van der Waals surface area contributed by atoms with E-state index < -0.39 is 9.05 Å². The highest BCUT2D eigenvalue weighted by Gasteiger charge is 2.16. The molecule has 1 amide bonds. The highest BCUT2D eigenvalue weighted by Crippen LogP contribution is 2.19. The number of rotatable bonds is 6. The number of halogens is 1. The van der Waals surface area contributed by atoms with Crippen LogP contribution in [0, 0.1) is 6.92 Å². The van der Waals surface area contributed by atoms with E-state index in [9.17, 15) is 13.2 Å². The molecular weight excluding hydrogens is 298 g/mol. The summed E-state index contributed by atoms with van der Waals surface area (Å²) in [6, 6.07) is 4.51. The smallest absolute Gasteiger partial charge is 0.261 e. The summed E-state index contributed by atoms with van der Waals surface area (Å²) >= 11 is 0. The van der Waals surface area contributed by atoms with Crippen LogP contribution < -0.4 is 5.32 Å². The molecule has 0 radical (unpaired) electrons. The molecule has 1 rings (SSSR count). The Morgan fingerprint density at radius 3 is 2.45 bits per heavy atom. The monoisotopic (exact) mass is 317 g/mol. The van der Waals surface area contributed by atoms with E-state index in [1.54, 1.807) is 13.0 Å². The summed E-state index contributed by atoms with van der Waals surface area (Å²) in [6.45, 7) is 5.79. The van der Waals surface area contributed by atoms with Gasteiger partial charge in [-0.25, -0.2) is 8.42 Å². The Morgan fingerprint density at radius 2 is 1.95 bits per heavy atom. The largest absolute Gasteiger partial charge is 0.349 e. The minimum atomic E-state index is -3.83. The Kier molecular flexibility index (Phi) is 6.02. The lowest BCUT2D eigenvalue weighted by Gasteiger charge is -2.16. The first-order valence-electron chi connectivity index (χ1n) is 6.65. The summed E-state index contributed by atoms with van der Waals surface area (Å²) in [5, 5.41) is 2.91. The van der Waals surface area contributed by atoms with Gasteiger partial charge in [-0.3, -0.25) is 4.79 Å². The van der Waals surface area contributed by atoms with Crippen LogP contribution in [0.15, 0.2) is 23.1 Å². The van der Waals surface area contributed by atoms with Crippen LogP contribution in [0.4, 0.5) is 0 Å². The summed E-state index contributed by atoms with van der Waals surface area (Å²) in [5.41, 5.74) is 0.999. The van der Waals surface area contributed by atoms with Crippen LogP contribution in [0.2, 0.25) is 0 Å². The molecule has 1 aromatic rings. The van der Waals surface area contributed by atoms with Gasteiger partial charge in [-0.2, -0.15) is 0 Å². The molecule has 1 atom stereocenters. The van der Waals surface area contributed by atoms with Gasteiger partial charge in [-0.15, -0.1) is 0 Å². The molecule has 1 N–H and O–H groups in total. The zero-order chi connectivity index (χ0) is 15.3. The minimum absolute atomic E-state index is 0.0483. The Hall–Kier alpha value is -1.07. The van der Waals surface area contributed by atoms with Crippen molar-refractivity contribution in [3.63, 3.8) is 0 Å². The second kappa shape index (κ2) is 7.09. The van der Waals surface area contributed by atoms with Crippen LogP contribution >= 0.6 is 10.7 Å². The fourth-order valence-corrected chi connectivity index (χ4v) is 2.88. The Labute approximate surface area is 124 Å². The van der Waals surface area contributed by atoms with Crippen LogP contribution in [0.25, 0.3) is 0 Å². The van der Waals surface area contributed by atoms with Gasteiger partial charge >= 0.3 is 0 Å². The fraction of sp³-hybridized carbons (Fsp3) is 0.500. The predicted molar refractivity (Wildman–Crippen MR) is 80.7 cm³/mol. The van der Waals surface area contributed by atoms with Crippen LogP contribution in [0.1, 0.15) is 49.0 Å². The minimum Gasteiger partial charge on any atom is -0.349 e. The average Bonchev–Trinajstić information content (AvgIpc) is 2.36. The maximum atomic E-state index is 12.2. The zero-order valence-electron chi connectivity index (χ0n) is 11.9. The van der Waals surface area contributed by atoms with E-state index in [0.29, 0.717) is 11.1 Å². The molecule has 1 aromatic carbocycles. The van der Waals surface area contributed by atoms with Crippen LogP contribution in [-0.2, 0) is 9.05 Å². The van der Waals surface area contributed by atoms with Gasteiger partial charge in [-0.1, -0.05) is 20.3 Å². The van der Waals surface area contributed by atoms with Crippen molar-refractivity contribution in [3.8, 4) is 0 Å². The second-order valence-electron chi connectivity index (χ2n) is 4.84. The second-order valence-corrected chi connectivity index (χ2v) is 7.41. The number of carbonyl (C=O) groups excluding carboxylic acids is 1. The van der Waals surface area contributed by atoms with Gasteiger partial charge in [0.05, 0.1) is 4.90 Å². The Bertz CT molecular complexity index is 584. The van der Waals surface area contributed by atoms with Gasteiger partial charge in [0.25, 0.3) is 15.0 Å². The summed E-state index contributed by atoms with van der Waals surface area (Å²) in [6.07, 6.45) is 2.72. The molecule has 0 aromatic heterocycles. The topological polar surface area (TPSA) is 63.2 Å². The molecule has 0 spiro atoms. The summed E-state index contributed by atoms with van der Waals surface area (Å²) in [5.74, 6) is -0.268. The molecular formula is C14H20ClNO3S. The maximum Gasteiger partial charge on any atom is 0.261 e. The molecule has 0 bridgehead atoms. The molecule has 0 aliphatic carbocycles. The third-order valence-corrected chi connectivity index (χ3v) is 4.39. The SMILES string of the molecule is CCCC(CC)NC(=O)c1cc(C)cc(S(=O)(=O)Cl)c1. The number of nitrogens with one attached hydrogen (secondary N) is 1. The van der Waals surface area contributed by atoms with Gasteiger partial charge in [0.2, 0.25) is 0 Å². The predicted octanol–water partition coefficient (Wildman–Crippen LogP) is 3.23. The summed E-state index contributed by atoms with van der Waals surface area (Å²) in [4.78, 5) is 12.1. The van der Waals surface area contributed by atoms with E-state index in [-0.39, 0.29) is 16.8 Å². The van der Waals surface area contributed by atoms with Crippen molar-refractivity contribution in [3.05, 3.63) is 29.3 Å². The van der Waals surface area contributed by atoms with Gasteiger partial charge in [0.1, 0.15) is 0 Å². The van der Waals surface area contributed by atoms with E-state index in [2.05, 4.69) is 12.2 Å². The molecule has 0 fully saturated rings. The number of benzene rings is 1. The van der Waals surface area contributed by atoms with E-state index >= 15 is 0 Å². The lowest BCUT2D eigenvalue weighted by Crippen LogP contribution is -2.34. The van der Waals surface area contributed by atoms with Gasteiger partial charge in [0.15, 0.2) is 0 Å². The van der Waals surface area contributed by atoms with E-state index in [1.807, 2.05) is 6.92 Å². The quantitative estimate of drug-likeness (QED) is 0.819. The van der Waals surface area contributed by atoms with Crippen molar-refractivity contribution in [2.24, 2.45) is 0 Å². The fourth-order valence-electron chi connectivity index (χ4n) is 2.02. The van der Waals surface area contributed by atoms with Gasteiger partial charge < -0.3 is 5.32 Å². The maximum absolute atomic E-state index is 12.2. The molecule has 1 unspecified atom stereocenters.